The van der Waals surface area contributed by atoms with Crippen molar-refractivity contribution in [1.82, 2.24) is 0 Å². The van der Waals surface area contributed by atoms with Crippen LogP contribution in [0, 0.1) is 0 Å². The first-order valence-corrected chi connectivity index (χ1v) is 5.28. The van der Waals surface area contributed by atoms with Gasteiger partial charge in [0.1, 0.15) is 5.78 Å². The average Bonchev–Trinajstić information content (AvgIpc) is 2.38. The van der Waals surface area contributed by atoms with E-state index in [9.17, 15) is 14.4 Å². The minimum Gasteiger partial charge on any atom is -0.412 e. The monoisotopic (exact) mass is 263 g/mol. The highest BCUT2D eigenvalue weighted by Gasteiger charge is 2.07. The fraction of sp³-hybridized carbons (Fsp3) is 0.250. The second-order valence-corrected chi connectivity index (χ2v) is 3.60. The van der Waals surface area contributed by atoms with E-state index in [4.69, 9.17) is 5.53 Å². The van der Waals surface area contributed by atoms with Crippen LogP contribution in [0.3, 0.4) is 0 Å². The van der Waals surface area contributed by atoms with Crippen LogP contribution in [0.4, 0.5) is 0 Å². The average molecular weight is 263 g/mol. The van der Waals surface area contributed by atoms with Crippen molar-refractivity contribution < 1.29 is 19.9 Å². The lowest BCUT2D eigenvalue weighted by atomic mass is 10.0. The highest BCUT2D eigenvalue weighted by molar-refractivity contribution is 6.33. The molecule has 0 aliphatic heterocycles. The topological polar surface area (TPSA) is 131 Å². The predicted molar refractivity (Wildman–Crippen MR) is 67.8 cm³/mol. The number of Topliss-reactive ketones (excluding diaryl/α,β-unsaturated/α-hetero) is 2. The number of carbonyl (C=O) groups is 3. The summed E-state index contributed by atoms with van der Waals surface area (Å²) in [6.45, 7) is 0.127. The molecule has 1 aromatic carbocycles. The molecule has 0 spiro atoms. The van der Waals surface area contributed by atoms with Crippen LogP contribution in [0.5, 0.6) is 0 Å². The SMILES string of the molecule is O.[N-]=[N+]=NCCC(=O)Cc1cccc(C(=O)C=O)c1. The summed E-state index contributed by atoms with van der Waals surface area (Å²) in [7, 11) is 0. The van der Waals surface area contributed by atoms with E-state index in [2.05, 4.69) is 10.0 Å². The smallest absolute Gasteiger partial charge is 0.225 e. The van der Waals surface area contributed by atoms with Gasteiger partial charge < -0.3 is 5.48 Å². The highest BCUT2D eigenvalue weighted by atomic mass is 16.2. The molecule has 0 bridgehead atoms. The van der Waals surface area contributed by atoms with Gasteiger partial charge in [0, 0.05) is 29.9 Å². The second-order valence-electron chi connectivity index (χ2n) is 3.60. The minimum absolute atomic E-state index is 0. The van der Waals surface area contributed by atoms with Crippen molar-refractivity contribution in [2.24, 2.45) is 5.11 Å². The zero-order valence-electron chi connectivity index (χ0n) is 10.1. The Labute approximate surface area is 109 Å². The Balaban J connectivity index is 0.00000324. The van der Waals surface area contributed by atoms with E-state index in [0.29, 0.717) is 5.56 Å². The lowest BCUT2D eigenvalue weighted by Gasteiger charge is -2.01. The summed E-state index contributed by atoms with van der Waals surface area (Å²) in [6.07, 6.45) is 0.555. The molecule has 0 aliphatic carbocycles. The Hall–Kier alpha value is -2.50. The van der Waals surface area contributed by atoms with Crippen molar-refractivity contribution in [3.8, 4) is 0 Å². The van der Waals surface area contributed by atoms with Gasteiger partial charge in [-0.1, -0.05) is 23.3 Å². The molecule has 0 unspecified atom stereocenters. The molecule has 2 N–H and O–H groups in total. The lowest BCUT2D eigenvalue weighted by Crippen LogP contribution is -2.06. The van der Waals surface area contributed by atoms with Gasteiger partial charge in [0.15, 0.2) is 6.29 Å². The second kappa shape index (κ2) is 8.57. The predicted octanol–water partition coefficient (Wildman–Crippen LogP) is 1.06. The minimum atomic E-state index is -0.613. The van der Waals surface area contributed by atoms with Crippen molar-refractivity contribution in [2.45, 2.75) is 12.8 Å². The zero-order chi connectivity index (χ0) is 13.4. The fourth-order valence-corrected chi connectivity index (χ4v) is 1.44. The standard InChI is InChI=1S/C12H11N3O3.H2O/c13-15-14-5-4-11(17)7-9-2-1-3-10(6-9)12(18)8-16;/h1-3,6,8H,4-5,7H2;1H2. The third-order valence-electron chi connectivity index (χ3n) is 2.27. The van der Waals surface area contributed by atoms with Gasteiger partial charge in [-0.3, -0.25) is 14.4 Å². The molecule has 0 radical (unpaired) electrons. The van der Waals surface area contributed by atoms with Gasteiger partial charge in [-0.15, -0.1) is 0 Å². The summed E-state index contributed by atoms with van der Waals surface area (Å²) in [4.78, 5) is 35.6. The number of benzene rings is 1. The van der Waals surface area contributed by atoms with Crippen molar-refractivity contribution in [3.63, 3.8) is 0 Å². The lowest BCUT2D eigenvalue weighted by molar-refractivity contribution is -0.118. The Bertz CT molecular complexity index is 521. The molecule has 0 saturated heterocycles. The van der Waals surface area contributed by atoms with E-state index in [1.165, 1.54) is 12.1 Å². The Morgan fingerprint density at radius 3 is 2.74 bits per heavy atom. The molecular formula is C12H13N3O4. The summed E-state index contributed by atoms with van der Waals surface area (Å²) in [5.41, 5.74) is 9.00. The van der Waals surface area contributed by atoms with Crippen LogP contribution in [0.1, 0.15) is 22.3 Å². The molecule has 0 aliphatic rings. The maximum Gasteiger partial charge on any atom is 0.225 e. The molecule has 100 valence electrons. The van der Waals surface area contributed by atoms with Gasteiger partial charge in [-0.2, -0.15) is 0 Å². The van der Waals surface area contributed by atoms with Crippen LogP contribution in [0.15, 0.2) is 29.4 Å². The Morgan fingerprint density at radius 1 is 1.37 bits per heavy atom. The molecule has 0 heterocycles. The van der Waals surface area contributed by atoms with Gasteiger partial charge >= 0.3 is 0 Å². The number of nitrogens with zero attached hydrogens (tertiary/aromatic N) is 3. The van der Waals surface area contributed by atoms with Crippen LogP contribution < -0.4 is 0 Å². The van der Waals surface area contributed by atoms with Crippen LogP contribution in [0.2, 0.25) is 0 Å². The van der Waals surface area contributed by atoms with Crippen LogP contribution in [-0.2, 0) is 16.0 Å². The third-order valence-corrected chi connectivity index (χ3v) is 2.27. The molecule has 7 heteroatoms. The first kappa shape index (κ1) is 16.5. The molecule has 0 aromatic heterocycles. The summed E-state index contributed by atoms with van der Waals surface area (Å²) < 4.78 is 0. The molecule has 0 atom stereocenters. The highest BCUT2D eigenvalue weighted by Crippen LogP contribution is 2.07. The van der Waals surface area contributed by atoms with Gasteiger partial charge in [0.25, 0.3) is 0 Å². The number of aldehydes is 1. The van der Waals surface area contributed by atoms with E-state index in [0.717, 1.165) is 0 Å². The quantitative estimate of drug-likeness (QED) is 0.182. The third kappa shape index (κ3) is 5.58. The molecular weight excluding hydrogens is 250 g/mol. The van der Waals surface area contributed by atoms with Crippen LogP contribution in [0.25, 0.3) is 10.4 Å². The molecule has 7 nitrogen and oxygen atoms in total. The van der Waals surface area contributed by atoms with E-state index >= 15 is 0 Å². The molecule has 0 saturated carbocycles. The summed E-state index contributed by atoms with van der Waals surface area (Å²) >= 11 is 0. The summed E-state index contributed by atoms with van der Waals surface area (Å²) in [5.74, 6) is -0.698. The van der Waals surface area contributed by atoms with Gasteiger partial charge in [0.05, 0.1) is 0 Å². The Morgan fingerprint density at radius 2 is 2.11 bits per heavy atom. The van der Waals surface area contributed by atoms with E-state index in [-0.39, 0.29) is 42.5 Å². The largest absolute Gasteiger partial charge is 0.412 e. The number of rotatable bonds is 7. The first-order valence-electron chi connectivity index (χ1n) is 5.28. The number of carbonyl (C=O) groups excluding carboxylic acids is 3. The van der Waals surface area contributed by atoms with Crippen molar-refractivity contribution in [2.75, 3.05) is 6.54 Å². The summed E-state index contributed by atoms with van der Waals surface area (Å²) in [6, 6.07) is 6.35. The number of hydrogen-bond donors (Lipinski definition) is 0. The normalized spacial score (nSPS) is 8.84. The number of hydrogen-bond acceptors (Lipinski definition) is 4. The molecule has 1 aromatic rings. The fourth-order valence-electron chi connectivity index (χ4n) is 1.44. The molecule has 0 fully saturated rings. The Kier molecular flexibility index (Phi) is 7.44. The maximum atomic E-state index is 11.5. The zero-order valence-corrected chi connectivity index (χ0v) is 10.1. The molecule has 0 amide bonds. The summed E-state index contributed by atoms with van der Waals surface area (Å²) in [5, 5.41) is 3.27. The van der Waals surface area contributed by atoms with Crippen molar-refractivity contribution >= 4 is 17.9 Å². The van der Waals surface area contributed by atoms with Crippen LogP contribution >= 0.6 is 0 Å². The van der Waals surface area contributed by atoms with Gasteiger partial charge in [0.2, 0.25) is 5.78 Å². The first-order chi connectivity index (χ1) is 8.67. The van der Waals surface area contributed by atoms with Crippen LogP contribution in [-0.4, -0.2) is 29.9 Å². The maximum absolute atomic E-state index is 11.5. The van der Waals surface area contributed by atoms with E-state index in [1.807, 2.05) is 0 Å². The van der Waals surface area contributed by atoms with Crippen molar-refractivity contribution in [3.05, 3.63) is 45.8 Å². The molecule has 1 rings (SSSR count). The van der Waals surface area contributed by atoms with Gasteiger partial charge in [-0.25, -0.2) is 0 Å². The number of ketones is 2. The molecule has 19 heavy (non-hydrogen) atoms. The van der Waals surface area contributed by atoms with Crippen molar-refractivity contribution in [1.29, 1.82) is 0 Å². The van der Waals surface area contributed by atoms with E-state index in [1.54, 1.807) is 12.1 Å². The van der Waals surface area contributed by atoms with E-state index < -0.39 is 5.78 Å². The van der Waals surface area contributed by atoms with Gasteiger partial charge in [-0.05, 0) is 17.2 Å². The number of azide groups is 1.